The first kappa shape index (κ1) is 18.4. The van der Waals surface area contributed by atoms with Crippen molar-refractivity contribution in [1.82, 2.24) is 24.6 Å². The second kappa shape index (κ2) is 7.49. The van der Waals surface area contributed by atoms with Gasteiger partial charge in [0.25, 0.3) is 5.91 Å². The van der Waals surface area contributed by atoms with Crippen molar-refractivity contribution >= 4 is 5.91 Å². The fourth-order valence-electron chi connectivity index (χ4n) is 3.30. The van der Waals surface area contributed by atoms with Gasteiger partial charge < -0.3 is 14.4 Å². The van der Waals surface area contributed by atoms with Crippen molar-refractivity contribution in [3.8, 4) is 0 Å². The molecule has 0 bridgehead atoms. The molecule has 3 rings (SSSR count). The van der Waals surface area contributed by atoms with E-state index in [1.54, 1.807) is 4.90 Å². The van der Waals surface area contributed by atoms with Gasteiger partial charge in [0, 0.05) is 31.6 Å². The van der Waals surface area contributed by atoms with Crippen LogP contribution in [-0.4, -0.2) is 57.7 Å². The first-order chi connectivity index (χ1) is 12.4. The van der Waals surface area contributed by atoms with Crippen molar-refractivity contribution < 1.29 is 13.6 Å². The van der Waals surface area contributed by atoms with Gasteiger partial charge >= 0.3 is 0 Å². The molecule has 0 saturated carbocycles. The first-order valence-electron chi connectivity index (χ1n) is 8.64. The average Bonchev–Trinajstić information content (AvgIpc) is 2.97. The number of hydrogen-bond acceptors (Lipinski definition) is 4. The summed E-state index contributed by atoms with van der Waals surface area (Å²) in [5, 5.41) is 8.60. The summed E-state index contributed by atoms with van der Waals surface area (Å²) in [5.41, 5.74) is 0.175. The predicted molar refractivity (Wildman–Crippen MR) is 92.6 cm³/mol. The lowest BCUT2D eigenvalue weighted by Gasteiger charge is -2.31. The fraction of sp³-hybridized carbons (Fsp3) is 0.500. The Morgan fingerprint density at radius 1 is 1.19 bits per heavy atom. The molecule has 1 amide bonds. The lowest BCUT2D eigenvalue weighted by atomic mass is 9.95. The van der Waals surface area contributed by atoms with E-state index in [-0.39, 0.29) is 17.4 Å². The van der Waals surface area contributed by atoms with Gasteiger partial charge in [0.15, 0.2) is 11.6 Å². The van der Waals surface area contributed by atoms with E-state index in [4.69, 9.17) is 0 Å². The number of amides is 1. The van der Waals surface area contributed by atoms with Crippen LogP contribution in [0.2, 0.25) is 0 Å². The number of rotatable bonds is 4. The molecule has 1 aliphatic heterocycles. The molecule has 1 fully saturated rings. The van der Waals surface area contributed by atoms with Gasteiger partial charge in [-0.3, -0.25) is 4.79 Å². The van der Waals surface area contributed by atoms with Gasteiger partial charge in [0.1, 0.15) is 11.6 Å². The Morgan fingerprint density at radius 3 is 2.50 bits per heavy atom. The Bertz CT molecular complexity index is 797. The number of hydrogen-bond donors (Lipinski definition) is 0. The van der Waals surface area contributed by atoms with Crippen molar-refractivity contribution in [1.29, 1.82) is 0 Å². The Labute approximate surface area is 151 Å². The van der Waals surface area contributed by atoms with E-state index in [1.165, 1.54) is 6.07 Å². The summed E-state index contributed by atoms with van der Waals surface area (Å²) in [4.78, 5) is 16.2. The third kappa shape index (κ3) is 3.75. The second-order valence-corrected chi connectivity index (χ2v) is 6.97. The number of piperidine rings is 1. The quantitative estimate of drug-likeness (QED) is 0.836. The average molecular weight is 363 g/mol. The minimum absolute atomic E-state index is 0.175. The Balaban J connectivity index is 1.65. The van der Waals surface area contributed by atoms with E-state index in [2.05, 4.69) is 10.2 Å². The summed E-state index contributed by atoms with van der Waals surface area (Å²) in [5.74, 6) is -0.146. The summed E-state index contributed by atoms with van der Waals surface area (Å²) in [6.07, 6.45) is 1.53. The highest BCUT2D eigenvalue weighted by Crippen LogP contribution is 2.28. The van der Waals surface area contributed by atoms with Crippen LogP contribution in [0.4, 0.5) is 8.78 Å². The van der Waals surface area contributed by atoms with Crippen molar-refractivity contribution in [3.05, 3.63) is 47.0 Å². The monoisotopic (exact) mass is 363 g/mol. The van der Waals surface area contributed by atoms with Gasteiger partial charge in [-0.15, -0.1) is 10.2 Å². The normalized spacial score (nSPS) is 15.7. The maximum atomic E-state index is 13.4. The molecule has 6 nitrogen and oxygen atoms in total. The van der Waals surface area contributed by atoms with Crippen molar-refractivity contribution in [2.24, 2.45) is 7.05 Å². The third-order valence-electron chi connectivity index (χ3n) is 4.77. The molecular formula is C18H23F2N5O. The summed E-state index contributed by atoms with van der Waals surface area (Å²) in [6.45, 7) is 1.83. The van der Waals surface area contributed by atoms with Crippen LogP contribution in [0.15, 0.2) is 18.2 Å². The molecule has 1 aliphatic rings. The number of likely N-dealkylation sites (tertiary alicyclic amines) is 1. The van der Waals surface area contributed by atoms with Crippen LogP contribution in [0.1, 0.15) is 40.8 Å². The molecule has 0 atom stereocenters. The van der Waals surface area contributed by atoms with Gasteiger partial charge in [-0.25, -0.2) is 8.78 Å². The molecule has 0 radical (unpaired) electrons. The van der Waals surface area contributed by atoms with Gasteiger partial charge in [-0.05, 0) is 45.1 Å². The Morgan fingerprint density at radius 2 is 1.88 bits per heavy atom. The lowest BCUT2D eigenvalue weighted by Crippen LogP contribution is -2.38. The van der Waals surface area contributed by atoms with E-state index < -0.39 is 11.6 Å². The standard InChI is InChI=1S/C18H23F2N5O/c1-23(2)11-16-21-22-17(24(16)3)12-6-8-25(9-7-12)18(26)13-4-5-14(19)15(20)10-13/h4-5,10,12H,6-9,11H2,1-3H3. The summed E-state index contributed by atoms with van der Waals surface area (Å²) >= 11 is 0. The fourth-order valence-corrected chi connectivity index (χ4v) is 3.30. The van der Waals surface area contributed by atoms with Gasteiger partial charge in [-0.1, -0.05) is 0 Å². The van der Waals surface area contributed by atoms with Gasteiger partial charge in [0.2, 0.25) is 0 Å². The maximum absolute atomic E-state index is 13.4. The molecule has 2 heterocycles. The summed E-state index contributed by atoms with van der Waals surface area (Å²) < 4.78 is 28.4. The minimum atomic E-state index is -1.00. The molecule has 8 heteroatoms. The molecule has 1 aromatic heterocycles. The van der Waals surface area contributed by atoms with E-state index in [0.29, 0.717) is 13.1 Å². The highest BCUT2D eigenvalue weighted by atomic mass is 19.2. The maximum Gasteiger partial charge on any atom is 0.253 e. The van der Waals surface area contributed by atoms with E-state index in [1.807, 2.05) is 30.6 Å². The highest BCUT2D eigenvalue weighted by Gasteiger charge is 2.28. The number of carbonyl (C=O) groups is 1. The molecule has 26 heavy (non-hydrogen) atoms. The molecule has 0 spiro atoms. The van der Waals surface area contributed by atoms with Crippen molar-refractivity contribution in [3.63, 3.8) is 0 Å². The van der Waals surface area contributed by atoms with Crippen LogP contribution in [0.25, 0.3) is 0 Å². The number of aromatic nitrogens is 3. The van der Waals surface area contributed by atoms with E-state index in [0.717, 1.165) is 43.2 Å². The Hall–Kier alpha value is -2.35. The number of carbonyl (C=O) groups excluding carboxylic acids is 1. The molecule has 1 aromatic carbocycles. The summed E-state index contributed by atoms with van der Waals surface area (Å²) in [6, 6.07) is 3.27. The molecular weight excluding hydrogens is 340 g/mol. The molecule has 0 unspecified atom stereocenters. The number of nitrogens with zero attached hydrogens (tertiary/aromatic N) is 5. The van der Waals surface area contributed by atoms with Crippen LogP contribution >= 0.6 is 0 Å². The van der Waals surface area contributed by atoms with Crippen LogP contribution in [0.5, 0.6) is 0 Å². The molecule has 1 saturated heterocycles. The zero-order chi connectivity index (χ0) is 18.8. The second-order valence-electron chi connectivity index (χ2n) is 6.97. The smallest absolute Gasteiger partial charge is 0.253 e. The van der Waals surface area contributed by atoms with Crippen LogP contribution in [0, 0.1) is 11.6 Å². The summed E-state index contributed by atoms with van der Waals surface area (Å²) in [7, 11) is 5.93. The third-order valence-corrected chi connectivity index (χ3v) is 4.77. The molecule has 0 aliphatic carbocycles. The first-order valence-corrected chi connectivity index (χ1v) is 8.64. The number of halogens is 2. The van der Waals surface area contributed by atoms with E-state index in [9.17, 15) is 13.6 Å². The largest absolute Gasteiger partial charge is 0.339 e. The van der Waals surface area contributed by atoms with Crippen molar-refractivity contribution in [2.75, 3.05) is 27.2 Å². The van der Waals surface area contributed by atoms with Crippen LogP contribution in [0.3, 0.4) is 0 Å². The van der Waals surface area contributed by atoms with Crippen LogP contribution < -0.4 is 0 Å². The molecule has 140 valence electrons. The zero-order valence-electron chi connectivity index (χ0n) is 15.2. The number of benzene rings is 1. The SMILES string of the molecule is CN(C)Cc1nnc(C2CCN(C(=O)c3ccc(F)c(F)c3)CC2)n1C. The lowest BCUT2D eigenvalue weighted by molar-refractivity contribution is 0.0709. The van der Waals surface area contributed by atoms with E-state index >= 15 is 0 Å². The highest BCUT2D eigenvalue weighted by molar-refractivity contribution is 5.94. The van der Waals surface area contributed by atoms with Gasteiger partial charge in [0.05, 0.1) is 6.54 Å². The topological polar surface area (TPSA) is 54.3 Å². The Kier molecular flexibility index (Phi) is 5.31. The minimum Gasteiger partial charge on any atom is -0.339 e. The predicted octanol–water partition coefficient (Wildman–Crippen LogP) is 2.17. The molecule has 0 N–H and O–H groups in total. The van der Waals surface area contributed by atoms with Gasteiger partial charge in [-0.2, -0.15) is 0 Å². The molecule has 2 aromatic rings. The zero-order valence-corrected chi connectivity index (χ0v) is 15.2. The van der Waals surface area contributed by atoms with Crippen molar-refractivity contribution in [2.45, 2.75) is 25.3 Å². The van der Waals surface area contributed by atoms with Crippen LogP contribution in [-0.2, 0) is 13.6 Å².